The SMILES string of the molecule is CC1=NN(/C(=N/c2nnc(C)s2)Nc2ccc(C)c(C)c2)C(c2ccc(Cl)cc2)S1. The highest BCUT2D eigenvalue weighted by Gasteiger charge is 2.31. The zero-order valence-electron chi connectivity index (χ0n) is 17.0. The van der Waals surface area contributed by atoms with Crippen molar-refractivity contribution in [3.63, 3.8) is 0 Å². The Bertz CT molecular complexity index is 1120. The van der Waals surface area contributed by atoms with Crippen molar-refractivity contribution >= 4 is 56.5 Å². The summed E-state index contributed by atoms with van der Waals surface area (Å²) in [6, 6.07) is 14.1. The maximum Gasteiger partial charge on any atom is 0.234 e. The van der Waals surface area contributed by atoms with Gasteiger partial charge < -0.3 is 5.32 Å². The molecule has 0 saturated carbocycles. The standard InChI is InChI=1S/C21H21ClN6S2/c1-12-5-10-18(11-13(12)2)23-20(24-21-26-25-14(3)30-21)28-19(29-15(4)27-28)16-6-8-17(22)9-7-16/h5-11,19H,1-4H3,(H,23,24,26). The van der Waals surface area contributed by atoms with Crippen molar-refractivity contribution in [1.82, 2.24) is 15.2 Å². The number of hydrogen-bond acceptors (Lipinski definition) is 6. The minimum absolute atomic E-state index is 0.0610. The second-order valence-electron chi connectivity index (χ2n) is 6.95. The molecule has 6 nitrogen and oxygen atoms in total. The molecule has 1 unspecified atom stereocenters. The summed E-state index contributed by atoms with van der Waals surface area (Å²) in [7, 11) is 0. The van der Waals surface area contributed by atoms with Crippen LogP contribution in [0.1, 0.15) is 34.0 Å². The maximum atomic E-state index is 6.09. The lowest BCUT2D eigenvalue weighted by atomic mass is 10.1. The molecule has 2 aromatic carbocycles. The molecule has 4 rings (SSSR count). The zero-order valence-corrected chi connectivity index (χ0v) is 19.4. The Hall–Kier alpha value is -2.42. The average molecular weight is 457 g/mol. The highest BCUT2D eigenvalue weighted by atomic mass is 35.5. The first-order valence-corrected chi connectivity index (χ1v) is 11.5. The third kappa shape index (κ3) is 4.66. The van der Waals surface area contributed by atoms with Gasteiger partial charge in [-0.3, -0.25) is 0 Å². The van der Waals surface area contributed by atoms with Crippen molar-refractivity contribution in [3.8, 4) is 0 Å². The largest absolute Gasteiger partial charge is 0.324 e. The lowest BCUT2D eigenvalue weighted by Crippen LogP contribution is -2.32. The van der Waals surface area contributed by atoms with Crippen LogP contribution in [-0.4, -0.2) is 26.2 Å². The van der Waals surface area contributed by atoms with Gasteiger partial charge in [-0.1, -0.05) is 52.9 Å². The van der Waals surface area contributed by atoms with Gasteiger partial charge in [-0.2, -0.15) is 10.1 Å². The van der Waals surface area contributed by atoms with Crippen molar-refractivity contribution < 1.29 is 0 Å². The van der Waals surface area contributed by atoms with E-state index in [0.717, 1.165) is 21.3 Å². The number of benzene rings is 2. The van der Waals surface area contributed by atoms with Crippen LogP contribution in [0, 0.1) is 20.8 Å². The number of aromatic nitrogens is 2. The Labute approximate surface area is 189 Å². The molecule has 0 radical (unpaired) electrons. The van der Waals surface area contributed by atoms with Gasteiger partial charge >= 0.3 is 0 Å². The van der Waals surface area contributed by atoms with Crippen LogP contribution in [0.5, 0.6) is 0 Å². The van der Waals surface area contributed by atoms with Crippen molar-refractivity contribution in [3.05, 3.63) is 69.2 Å². The van der Waals surface area contributed by atoms with E-state index < -0.39 is 0 Å². The van der Waals surface area contributed by atoms with Crippen LogP contribution in [-0.2, 0) is 0 Å². The predicted octanol–water partition coefficient (Wildman–Crippen LogP) is 6.30. The number of aryl methyl sites for hydroxylation is 3. The van der Waals surface area contributed by atoms with Gasteiger partial charge in [0.1, 0.15) is 10.4 Å². The molecule has 0 fully saturated rings. The number of anilines is 1. The molecule has 1 aliphatic rings. The maximum absolute atomic E-state index is 6.09. The van der Waals surface area contributed by atoms with Gasteiger partial charge in [-0.05, 0) is 68.7 Å². The van der Waals surface area contributed by atoms with E-state index in [1.165, 1.54) is 22.5 Å². The topological polar surface area (TPSA) is 65.8 Å². The number of hydrazone groups is 1. The predicted molar refractivity (Wildman–Crippen MR) is 128 cm³/mol. The molecule has 0 bridgehead atoms. The van der Waals surface area contributed by atoms with Crippen LogP contribution >= 0.6 is 34.7 Å². The summed E-state index contributed by atoms with van der Waals surface area (Å²) in [6.07, 6.45) is 0. The zero-order chi connectivity index (χ0) is 21.3. The van der Waals surface area contributed by atoms with E-state index in [4.69, 9.17) is 21.7 Å². The first-order valence-electron chi connectivity index (χ1n) is 9.38. The van der Waals surface area contributed by atoms with Crippen LogP contribution in [0.4, 0.5) is 10.8 Å². The molecule has 1 N–H and O–H groups in total. The van der Waals surface area contributed by atoms with Crippen LogP contribution in [0.3, 0.4) is 0 Å². The minimum Gasteiger partial charge on any atom is -0.324 e. The van der Waals surface area contributed by atoms with Gasteiger partial charge in [0, 0.05) is 10.7 Å². The third-order valence-corrected chi connectivity index (χ3v) is 6.71. The Morgan fingerprint density at radius 3 is 2.47 bits per heavy atom. The summed E-state index contributed by atoms with van der Waals surface area (Å²) >= 11 is 9.21. The molecular weight excluding hydrogens is 436 g/mol. The lowest BCUT2D eigenvalue weighted by molar-refractivity contribution is 0.438. The number of nitrogens with one attached hydrogen (secondary N) is 1. The van der Waals surface area contributed by atoms with E-state index in [9.17, 15) is 0 Å². The number of hydrogen-bond donors (Lipinski definition) is 1. The van der Waals surface area contributed by atoms with Crippen molar-refractivity contribution in [1.29, 1.82) is 0 Å². The van der Waals surface area contributed by atoms with E-state index in [1.807, 2.05) is 49.2 Å². The molecule has 0 saturated heterocycles. The molecule has 9 heteroatoms. The lowest BCUT2D eigenvalue weighted by Gasteiger charge is -2.25. The van der Waals surface area contributed by atoms with E-state index in [-0.39, 0.29) is 5.37 Å². The Kier molecular flexibility index (Phi) is 6.08. The highest BCUT2D eigenvalue weighted by Crippen LogP contribution is 2.40. The molecule has 0 amide bonds. The Morgan fingerprint density at radius 2 is 1.80 bits per heavy atom. The van der Waals surface area contributed by atoms with Crippen molar-refractivity contribution in [2.24, 2.45) is 10.1 Å². The quantitative estimate of drug-likeness (QED) is 0.370. The first-order chi connectivity index (χ1) is 14.4. The fourth-order valence-electron chi connectivity index (χ4n) is 2.94. The van der Waals surface area contributed by atoms with Crippen molar-refractivity contribution in [2.45, 2.75) is 33.1 Å². The summed E-state index contributed by atoms with van der Waals surface area (Å²) in [5, 5.41) is 21.4. The van der Waals surface area contributed by atoms with Gasteiger partial charge in [-0.15, -0.1) is 10.2 Å². The molecule has 1 aliphatic heterocycles. The smallest absolute Gasteiger partial charge is 0.234 e. The molecule has 3 aromatic rings. The number of halogens is 1. The summed E-state index contributed by atoms with van der Waals surface area (Å²) in [5.74, 6) is 0.596. The van der Waals surface area contributed by atoms with Gasteiger partial charge in [0.15, 0.2) is 0 Å². The van der Waals surface area contributed by atoms with E-state index in [1.54, 1.807) is 11.8 Å². The first kappa shape index (κ1) is 20.8. The molecule has 0 spiro atoms. The highest BCUT2D eigenvalue weighted by molar-refractivity contribution is 8.14. The monoisotopic (exact) mass is 456 g/mol. The Morgan fingerprint density at radius 1 is 1.03 bits per heavy atom. The number of aliphatic imine (C=N–C) groups is 1. The average Bonchev–Trinajstić information content (AvgIpc) is 3.30. The molecule has 1 atom stereocenters. The molecule has 0 aliphatic carbocycles. The molecule has 30 heavy (non-hydrogen) atoms. The number of nitrogens with zero attached hydrogens (tertiary/aromatic N) is 5. The minimum atomic E-state index is -0.0610. The fourth-order valence-corrected chi connectivity index (χ4v) is 4.62. The second-order valence-corrected chi connectivity index (χ2v) is 9.82. The van der Waals surface area contributed by atoms with Crippen molar-refractivity contribution in [2.75, 3.05) is 5.32 Å². The van der Waals surface area contributed by atoms with E-state index in [0.29, 0.717) is 16.1 Å². The Balaban J connectivity index is 1.74. The molecule has 1 aromatic heterocycles. The van der Waals surface area contributed by atoms with E-state index >= 15 is 0 Å². The number of thioether (sulfide) groups is 1. The normalized spacial score (nSPS) is 16.7. The summed E-state index contributed by atoms with van der Waals surface area (Å²) in [4.78, 5) is 4.77. The fraction of sp³-hybridized carbons (Fsp3) is 0.238. The summed E-state index contributed by atoms with van der Waals surface area (Å²) < 4.78 is 0. The van der Waals surface area contributed by atoms with Gasteiger partial charge in [0.2, 0.25) is 11.1 Å². The van der Waals surface area contributed by atoms with Crippen LogP contribution in [0.15, 0.2) is 52.6 Å². The number of guanidine groups is 1. The molecule has 154 valence electrons. The summed E-state index contributed by atoms with van der Waals surface area (Å²) in [5.41, 5.74) is 4.48. The van der Waals surface area contributed by atoms with Gasteiger partial charge in [0.05, 0.1) is 5.04 Å². The van der Waals surface area contributed by atoms with Gasteiger partial charge in [-0.25, -0.2) is 5.01 Å². The molecular formula is C21H21ClN6S2. The van der Waals surface area contributed by atoms with E-state index in [2.05, 4.69) is 41.5 Å². The van der Waals surface area contributed by atoms with Gasteiger partial charge in [0.25, 0.3) is 0 Å². The third-order valence-electron chi connectivity index (χ3n) is 4.60. The number of rotatable bonds is 3. The van der Waals surface area contributed by atoms with Crippen LogP contribution in [0.2, 0.25) is 5.02 Å². The van der Waals surface area contributed by atoms with Crippen LogP contribution < -0.4 is 5.32 Å². The molecule has 2 heterocycles. The van der Waals surface area contributed by atoms with Crippen LogP contribution in [0.25, 0.3) is 0 Å². The second kappa shape index (κ2) is 8.75. The summed E-state index contributed by atoms with van der Waals surface area (Å²) in [6.45, 7) is 8.10.